The van der Waals surface area contributed by atoms with Gasteiger partial charge in [0, 0.05) is 52.5 Å². The largest absolute Gasteiger partial charge is 0.306 e. The van der Waals surface area contributed by atoms with Gasteiger partial charge in [0.25, 0.3) is 0 Å². The van der Waals surface area contributed by atoms with E-state index in [1.165, 1.54) is 40.3 Å². The molecule has 0 aliphatic rings. The molecule has 0 bridgehead atoms. The van der Waals surface area contributed by atoms with Gasteiger partial charge in [0.2, 0.25) is 0 Å². The molecule has 4 heterocycles. The van der Waals surface area contributed by atoms with Gasteiger partial charge in [0.1, 0.15) is 12.1 Å². The number of hydrogen-bond donors (Lipinski definition) is 0. The Bertz CT molecular complexity index is 3130. The average Bonchev–Trinajstić information content (AvgIpc) is 3.92. The zero-order valence-electron chi connectivity index (χ0n) is 26.3. The maximum atomic E-state index is 11.0. The molecule has 7 aromatic carbocycles. The fourth-order valence-corrected chi connectivity index (χ4v) is 10.6. The summed E-state index contributed by atoms with van der Waals surface area (Å²) in [5, 5.41) is 31.3. The Balaban J connectivity index is 1.28. The van der Waals surface area contributed by atoms with Crippen molar-refractivity contribution in [2.45, 2.75) is 0 Å². The Morgan fingerprint density at radius 3 is 1.20 bits per heavy atom. The minimum atomic E-state index is 0.361. The van der Waals surface area contributed by atoms with Crippen molar-refractivity contribution in [3.05, 3.63) is 145 Å². The number of para-hydroxylation sites is 2. The lowest BCUT2D eigenvalue weighted by Crippen LogP contribution is -2.05. The highest BCUT2D eigenvalue weighted by molar-refractivity contribution is 7.27. The number of nitriles is 2. The third-order valence-electron chi connectivity index (χ3n) is 10.2. The van der Waals surface area contributed by atoms with Gasteiger partial charge in [-0.2, -0.15) is 10.5 Å². The number of benzene rings is 7. The highest BCUT2D eigenvalue weighted by Crippen LogP contribution is 2.46. The molecule has 0 aliphatic carbocycles. The summed E-state index contributed by atoms with van der Waals surface area (Å²) < 4.78 is 9.20. The smallest absolute Gasteiger partial charge is 0.103 e. The first kappa shape index (κ1) is 27.5. The molecular formula is C44H22N4S2. The third-order valence-corrected chi connectivity index (χ3v) is 12.6. The van der Waals surface area contributed by atoms with Crippen molar-refractivity contribution in [3.8, 4) is 23.5 Å². The summed E-state index contributed by atoms with van der Waals surface area (Å²) in [6.07, 6.45) is 0. The van der Waals surface area contributed by atoms with Crippen LogP contribution in [0.15, 0.2) is 133 Å². The molecule has 0 saturated carbocycles. The number of rotatable bonds is 2. The molecule has 0 radical (unpaired) electrons. The van der Waals surface area contributed by atoms with Crippen LogP contribution >= 0.6 is 22.7 Å². The van der Waals surface area contributed by atoms with Crippen LogP contribution in [-0.2, 0) is 0 Å². The summed E-state index contributed by atoms with van der Waals surface area (Å²) in [7, 11) is 0. The summed E-state index contributed by atoms with van der Waals surface area (Å²) in [6.45, 7) is 0. The summed E-state index contributed by atoms with van der Waals surface area (Å²) in [6, 6.07) is 51.7. The van der Waals surface area contributed by atoms with Crippen LogP contribution in [0.5, 0.6) is 0 Å². The predicted octanol–water partition coefficient (Wildman–Crippen LogP) is 12.4. The molecule has 0 aliphatic heterocycles. The minimum Gasteiger partial charge on any atom is -0.306 e. The summed E-state index contributed by atoms with van der Waals surface area (Å²) in [4.78, 5) is 0. The first-order valence-corrected chi connectivity index (χ1v) is 18.0. The zero-order chi connectivity index (χ0) is 33.1. The fraction of sp³-hybridized carbons (Fsp3) is 0. The monoisotopic (exact) mass is 670 g/mol. The molecule has 230 valence electrons. The summed E-state index contributed by atoms with van der Waals surface area (Å²) >= 11 is 3.55. The van der Waals surface area contributed by atoms with Gasteiger partial charge < -0.3 is 9.13 Å². The Morgan fingerprint density at radius 1 is 0.380 bits per heavy atom. The van der Waals surface area contributed by atoms with Gasteiger partial charge in [0.15, 0.2) is 0 Å². The van der Waals surface area contributed by atoms with Crippen LogP contribution in [0.3, 0.4) is 0 Å². The van der Waals surface area contributed by atoms with E-state index in [1.54, 1.807) is 22.7 Å². The Morgan fingerprint density at radius 2 is 0.760 bits per heavy atom. The van der Waals surface area contributed by atoms with Crippen LogP contribution in [0.1, 0.15) is 11.1 Å². The Labute approximate surface area is 293 Å². The SMILES string of the molecule is N#Cc1c(-n2c3ccccc3c3ccc4c5ccccc5sc4c32)ccc(-n2c3ccccc3c3ccc4c5ccccc5sc4c32)c1C#N. The average molecular weight is 671 g/mol. The number of nitrogens with zero attached hydrogens (tertiary/aromatic N) is 4. The summed E-state index contributed by atoms with van der Waals surface area (Å²) in [5.41, 5.74) is 6.26. The molecule has 4 nitrogen and oxygen atoms in total. The van der Waals surface area contributed by atoms with E-state index in [2.05, 4.69) is 130 Å². The van der Waals surface area contributed by atoms with Crippen molar-refractivity contribution in [2.24, 2.45) is 0 Å². The molecule has 0 atom stereocenters. The van der Waals surface area contributed by atoms with Crippen molar-refractivity contribution in [1.82, 2.24) is 9.13 Å². The number of thiophene rings is 2. The van der Waals surface area contributed by atoms with E-state index in [0.717, 1.165) is 43.6 Å². The lowest BCUT2D eigenvalue weighted by Gasteiger charge is -2.16. The van der Waals surface area contributed by atoms with Crippen molar-refractivity contribution < 1.29 is 0 Å². The number of aromatic nitrogens is 2. The van der Waals surface area contributed by atoms with Crippen molar-refractivity contribution in [2.75, 3.05) is 0 Å². The first-order valence-electron chi connectivity index (χ1n) is 16.4. The normalized spacial score (nSPS) is 12.0. The van der Waals surface area contributed by atoms with Crippen LogP contribution in [0.2, 0.25) is 0 Å². The lowest BCUT2D eigenvalue weighted by atomic mass is 10.0. The van der Waals surface area contributed by atoms with Gasteiger partial charge in [-0.3, -0.25) is 0 Å². The van der Waals surface area contributed by atoms with E-state index < -0.39 is 0 Å². The highest BCUT2D eigenvalue weighted by Gasteiger charge is 2.25. The highest BCUT2D eigenvalue weighted by atomic mass is 32.1. The first-order chi connectivity index (χ1) is 24.7. The molecule has 4 aromatic heterocycles. The van der Waals surface area contributed by atoms with Crippen LogP contribution in [0.4, 0.5) is 0 Å². The van der Waals surface area contributed by atoms with Crippen molar-refractivity contribution in [3.63, 3.8) is 0 Å². The molecule has 0 saturated heterocycles. The van der Waals surface area contributed by atoms with Gasteiger partial charge in [-0.1, -0.05) is 97.1 Å². The number of hydrogen-bond acceptors (Lipinski definition) is 4. The minimum absolute atomic E-state index is 0.361. The Hall–Kier alpha value is -6.44. The van der Waals surface area contributed by atoms with Crippen LogP contribution < -0.4 is 0 Å². The van der Waals surface area contributed by atoms with E-state index in [1.807, 2.05) is 24.3 Å². The maximum Gasteiger partial charge on any atom is 0.103 e. The Kier molecular flexibility index (Phi) is 5.52. The second kappa shape index (κ2) is 10.0. The standard InChI is InChI=1S/C44H22N4S2/c45-23-33-34(24-46)38(48-36-14-6-2-10-26(36)30-18-20-32-28-12-4-8-16-40(28)50-44(32)42(30)48)22-21-37(33)47-35-13-5-1-9-25(35)29-17-19-31-27-11-3-7-15-39(27)49-43(31)41(29)47/h1-22H. The molecule has 6 heteroatoms. The third kappa shape index (κ3) is 3.46. The van der Waals surface area contributed by atoms with E-state index in [-0.39, 0.29) is 0 Å². The van der Waals surface area contributed by atoms with Crippen LogP contribution in [0.25, 0.3) is 95.3 Å². The predicted molar refractivity (Wildman–Crippen MR) is 210 cm³/mol. The molecule has 11 rings (SSSR count). The van der Waals surface area contributed by atoms with Gasteiger partial charge >= 0.3 is 0 Å². The maximum absolute atomic E-state index is 11.0. The zero-order valence-corrected chi connectivity index (χ0v) is 27.9. The van der Waals surface area contributed by atoms with Crippen LogP contribution in [0, 0.1) is 22.7 Å². The molecule has 0 N–H and O–H groups in total. The van der Waals surface area contributed by atoms with Crippen molar-refractivity contribution in [1.29, 1.82) is 10.5 Å². The molecule has 11 aromatic rings. The second-order valence-electron chi connectivity index (χ2n) is 12.7. The van der Waals surface area contributed by atoms with Crippen molar-refractivity contribution >= 4 is 107 Å². The van der Waals surface area contributed by atoms with Gasteiger partial charge in [-0.05, 0) is 36.4 Å². The quantitative estimate of drug-likeness (QED) is 0.184. The lowest BCUT2D eigenvalue weighted by molar-refractivity contribution is 1.13. The van der Waals surface area contributed by atoms with Gasteiger partial charge in [-0.25, -0.2) is 0 Å². The number of fused-ring (bicyclic) bond motifs is 14. The molecular weight excluding hydrogens is 649 g/mol. The molecule has 50 heavy (non-hydrogen) atoms. The molecule has 0 amide bonds. The fourth-order valence-electron chi connectivity index (χ4n) is 8.14. The second-order valence-corrected chi connectivity index (χ2v) is 14.8. The van der Waals surface area contributed by atoms with Crippen LogP contribution in [-0.4, -0.2) is 9.13 Å². The van der Waals surface area contributed by atoms with E-state index in [0.29, 0.717) is 22.5 Å². The molecule has 0 fully saturated rings. The topological polar surface area (TPSA) is 57.4 Å². The van der Waals surface area contributed by atoms with E-state index in [9.17, 15) is 10.5 Å². The van der Waals surface area contributed by atoms with E-state index in [4.69, 9.17) is 0 Å². The van der Waals surface area contributed by atoms with Gasteiger partial charge in [0.05, 0.1) is 54.0 Å². The van der Waals surface area contributed by atoms with Gasteiger partial charge in [-0.15, -0.1) is 22.7 Å². The molecule has 0 unspecified atom stereocenters. The van der Waals surface area contributed by atoms with E-state index >= 15 is 0 Å². The molecule has 0 spiro atoms. The summed E-state index contributed by atoms with van der Waals surface area (Å²) in [5.74, 6) is 0.